The molecule has 0 unspecified atom stereocenters. The fraction of sp³-hybridized carbons (Fsp3) is 0.435. The fourth-order valence-electron chi connectivity index (χ4n) is 3.44. The van der Waals surface area contributed by atoms with Gasteiger partial charge in [-0.05, 0) is 35.4 Å². The lowest BCUT2D eigenvalue weighted by Crippen LogP contribution is -2.43. The minimum absolute atomic E-state index is 0.230. The van der Waals surface area contributed by atoms with Crippen LogP contribution in [0.15, 0.2) is 47.5 Å². The summed E-state index contributed by atoms with van der Waals surface area (Å²) in [6.45, 7) is 7.75. The van der Waals surface area contributed by atoms with Crippen LogP contribution in [0.3, 0.4) is 0 Å². The number of rotatable bonds is 6. The molecule has 1 aliphatic rings. The monoisotopic (exact) mass is 416 g/mol. The molecule has 1 saturated heterocycles. The van der Waals surface area contributed by atoms with Gasteiger partial charge in [0.05, 0.1) is 18.9 Å². The van der Waals surface area contributed by atoms with Crippen molar-refractivity contribution in [2.24, 2.45) is 4.99 Å². The van der Waals surface area contributed by atoms with Crippen LogP contribution in [0.4, 0.5) is 14.5 Å². The smallest absolute Gasteiger partial charge is 0.191 e. The fourth-order valence-corrected chi connectivity index (χ4v) is 3.44. The molecule has 0 aliphatic carbocycles. The second kappa shape index (κ2) is 9.89. The summed E-state index contributed by atoms with van der Waals surface area (Å²) < 4.78 is 33.5. The van der Waals surface area contributed by atoms with Crippen LogP contribution in [0.25, 0.3) is 0 Å². The molecule has 7 heteroatoms. The summed E-state index contributed by atoms with van der Waals surface area (Å²) >= 11 is 0. The summed E-state index contributed by atoms with van der Waals surface area (Å²) in [5.41, 5.74) is 2.07. The number of halogens is 2. The number of guanidine groups is 1. The molecular formula is C23H30F2N4O. The van der Waals surface area contributed by atoms with Gasteiger partial charge in [0, 0.05) is 38.6 Å². The van der Waals surface area contributed by atoms with Crippen molar-refractivity contribution in [1.82, 2.24) is 10.6 Å². The maximum Gasteiger partial charge on any atom is 0.191 e. The first kappa shape index (κ1) is 22.0. The predicted octanol–water partition coefficient (Wildman–Crippen LogP) is 3.44. The van der Waals surface area contributed by atoms with Crippen LogP contribution < -0.4 is 15.5 Å². The topological polar surface area (TPSA) is 48.9 Å². The lowest BCUT2D eigenvalue weighted by atomic mass is 9.84. The first-order valence-electron chi connectivity index (χ1n) is 10.2. The van der Waals surface area contributed by atoms with Crippen molar-refractivity contribution in [2.75, 3.05) is 44.8 Å². The first-order valence-corrected chi connectivity index (χ1v) is 10.2. The van der Waals surface area contributed by atoms with Crippen LogP contribution in [0.1, 0.15) is 25.0 Å². The molecule has 0 radical (unpaired) electrons. The van der Waals surface area contributed by atoms with E-state index in [-0.39, 0.29) is 17.0 Å². The summed E-state index contributed by atoms with van der Waals surface area (Å²) in [6.07, 6.45) is 0. The number of hydrogen-bond donors (Lipinski definition) is 2. The molecule has 0 bridgehead atoms. The average Bonchev–Trinajstić information content (AvgIpc) is 2.74. The molecule has 3 rings (SSSR count). The van der Waals surface area contributed by atoms with Crippen molar-refractivity contribution in [3.63, 3.8) is 0 Å². The molecule has 5 nitrogen and oxygen atoms in total. The van der Waals surface area contributed by atoms with E-state index < -0.39 is 0 Å². The Hall–Kier alpha value is -2.67. The van der Waals surface area contributed by atoms with Gasteiger partial charge >= 0.3 is 0 Å². The van der Waals surface area contributed by atoms with Crippen LogP contribution in [-0.2, 0) is 16.7 Å². The van der Waals surface area contributed by atoms with Crippen molar-refractivity contribution in [1.29, 1.82) is 0 Å². The van der Waals surface area contributed by atoms with Crippen LogP contribution in [0, 0.1) is 11.6 Å². The van der Waals surface area contributed by atoms with Gasteiger partial charge < -0.3 is 20.3 Å². The summed E-state index contributed by atoms with van der Waals surface area (Å²) in [5, 5.41) is 6.49. The molecule has 0 saturated carbocycles. The van der Waals surface area contributed by atoms with E-state index in [1.165, 1.54) is 6.07 Å². The highest BCUT2D eigenvalue weighted by Gasteiger charge is 2.21. The zero-order valence-corrected chi connectivity index (χ0v) is 17.8. The molecule has 0 aromatic heterocycles. The largest absolute Gasteiger partial charge is 0.378 e. The number of ether oxygens (including phenoxy) is 1. The van der Waals surface area contributed by atoms with Crippen molar-refractivity contribution in [3.8, 4) is 0 Å². The minimum atomic E-state index is -0.286. The number of aliphatic imine (C=N–C) groups is 1. The second-order valence-corrected chi connectivity index (χ2v) is 8.06. The third-order valence-electron chi connectivity index (χ3n) is 5.35. The number of anilines is 1. The van der Waals surface area contributed by atoms with Crippen molar-refractivity contribution < 1.29 is 13.5 Å². The lowest BCUT2D eigenvalue weighted by molar-refractivity contribution is 0.122. The minimum Gasteiger partial charge on any atom is -0.378 e. The summed E-state index contributed by atoms with van der Waals surface area (Å²) in [6, 6.07) is 11.9. The summed E-state index contributed by atoms with van der Waals surface area (Å²) in [7, 11) is 1.69. The van der Waals surface area contributed by atoms with E-state index in [1.54, 1.807) is 25.2 Å². The lowest BCUT2D eigenvalue weighted by Gasteiger charge is -2.29. The van der Waals surface area contributed by atoms with Gasteiger partial charge in [0.1, 0.15) is 11.6 Å². The standard InChI is InChI=1S/C23H30F2N4O/c1-23(2,18-5-4-6-19(24)14-18)16-28-22(26-3)27-15-17-7-8-21(20(25)13-17)29-9-11-30-12-10-29/h4-8,13-14H,9-12,15-16H2,1-3H3,(H2,26,27,28). The van der Waals surface area contributed by atoms with E-state index in [0.29, 0.717) is 51.0 Å². The molecule has 1 aliphatic heterocycles. The SMILES string of the molecule is CN=C(NCc1ccc(N2CCOCC2)c(F)c1)NCC(C)(C)c1cccc(F)c1. The van der Waals surface area contributed by atoms with Gasteiger partial charge in [-0.3, -0.25) is 4.99 Å². The highest BCUT2D eigenvalue weighted by Crippen LogP contribution is 2.23. The van der Waals surface area contributed by atoms with Crippen LogP contribution in [-0.4, -0.2) is 45.9 Å². The van der Waals surface area contributed by atoms with Gasteiger partial charge in [0.15, 0.2) is 5.96 Å². The van der Waals surface area contributed by atoms with Gasteiger partial charge in [-0.2, -0.15) is 0 Å². The predicted molar refractivity (Wildman–Crippen MR) is 117 cm³/mol. The maximum atomic E-state index is 14.6. The van der Waals surface area contributed by atoms with E-state index >= 15 is 0 Å². The zero-order chi connectivity index (χ0) is 21.6. The van der Waals surface area contributed by atoms with Crippen LogP contribution in [0.5, 0.6) is 0 Å². The Morgan fingerprint density at radius 2 is 1.87 bits per heavy atom. The molecule has 0 atom stereocenters. The average molecular weight is 417 g/mol. The Morgan fingerprint density at radius 1 is 1.10 bits per heavy atom. The van der Waals surface area contributed by atoms with Crippen LogP contribution in [0.2, 0.25) is 0 Å². The quantitative estimate of drug-likeness (QED) is 0.560. The van der Waals surface area contributed by atoms with Crippen LogP contribution >= 0.6 is 0 Å². The van der Waals surface area contributed by atoms with Gasteiger partial charge in [-0.25, -0.2) is 8.78 Å². The second-order valence-electron chi connectivity index (χ2n) is 8.06. The van der Waals surface area contributed by atoms with E-state index in [2.05, 4.69) is 15.6 Å². The first-order chi connectivity index (χ1) is 14.4. The molecule has 1 fully saturated rings. The van der Waals surface area contributed by atoms with Gasteiger partial charge in [0.25, 0.3) is 0 Å². The van der Waals surface area contributed by atoms with E-state index in [1.807, 2.05) is 36.9 Å². The molecule has 162 valence electrons. The van der Waals surface area contributed by atoms with Gasteiger partial charge in [-0.15, -0.1) is 0 Å². The normalized spacial score (nSPS) is 15.2. The van der Waals surface area contributed by atoms with Gasteiger partial charge in [0.2, 0.25) is 0 Å². The molecular weight excluding hydrogens is 386 g/mol. The Kier molecular flexibility index (Phi) is 7.26. The van der Waals surface area contributed by atoms with Crippen molar-refractivity contribution in [3.05, 3.63) is 65.2 Å². The van der Waals surface area contributed by atoms with E-state index in [0.717, 1.165) is 11.1 Å². The third kappa shape index (κ3) is 5.69. The highest BCUT2D eigenvalue weighted by molar-refractivity contribution is 5.79. The number of hydrogen-bond acceptors (Lipinski definition) is 3. The molecule has 2 N–H and O–H groups in total. The van der Waals surface area contributed by atoms with Crippen molar-refractivity contribution >= 4 is 11.6 Å². The highest BCUT2D eigenvalue weighted by atomic mass is 19.1. The number of nitrogens with one attached hydrogen (secondary N) is 2. The van der Waals surface area contributed by atoms with Crippen molar-refractivity contribution in [2.45, 2.75) is 25.8 Å². The number of nitrogens with zero attached hydrogens (tertiary/aromatic N) is 2. The Labute approximate surface area is 177 Å². The molecule has 0 spiro atoms. The maximum absolute atomic E-state index is 14.6. The zero-order valence-electron chi connectivity index (χ0n) is 17.8. The molecule has 2 aromatic rings. The molecule has 1 heterocycles. The molecule has 0 amide bonds. The number of benzene rings is 2. The molecule has 30 heavy (non-hydrogen) atoms. The Morgan fingerprint density at radius 3 is 2.53 bits per heavy atom. The third-order valence-corrected chi connectivity index (χ3v) is 5.35. The summed E-state index contributed by atoms with van der Waals surface area (Å²) in [5.74, 6) is 0.133. The Balaban J connectivity index is 1.55. The van der Waals surface area contributed by atoms with E-state index in [9.17, 15) is 8.78 Å². The van der Waals surface area contributed by atoms with E-state index in [4.69, 9.17) is 4.74 Å². The van der Waals surface area contributed by atoms with Gasteiger partial charge in [-0.1, -0.05) is 32.0 Å². The summed E-state index contributed by atoms with van der Waals surface area (Å²) in [4.78, 5) is 6.24. The number of morpholine rings is 1. The Bertz CT molecular complexity index is 879. The molecule has 2 aromatic carbocycles.